The molecule has 1 aliphatic heterocycles. The first-order chi connectivity index (χ1) is 12.1. The van der Waals surface area contributed by atoms with Gasteiger partial charge in [0.25, 0.3) is 5.91 Å². The van der Waals surface area contributed by atoms with Crippen LogP contribution in [0.2, 0.25) is 0 Å². The first-order valence-corrected chi connectivity index (χ1v) is 8.91. The molecule has 0 radical (unpaired) electrons. The van der Waals surface area contributed by atoms with E-state index in [1.54, 1.807) is 12.4 Å². The average molecular weight is 336 g/mol. The van der Waals surface area contributed by atoms with E-state index in [1.165, 1.54) is 5.56 Å². The molecule has 1 aliphatic rings. The molecular formula is C21H24N2O2. The molecule has 0 saturated carbocycles. The van der Waals surface area contributed by atoms with Crippen molar-refractivity contribution in [1.82, 2.24) is 9.88 Å². The van der Waals surface area contributed by atoms with E-state index in [-0.39, 0.29) is 17.6 Å². The van der Waals surface area contributed by atoms with Gasteiger partial charge in [-0.3, -0.25) is 14.6 Å². The molecule has 0 spiro atoms. The van der Waals surface area contributed by atoms with Gasteiger partial charge < -0.3 is 4.90 Å². The molecule has 4 nitrogen and oxygen atoms in total. The van der Waals surface area contributed by atoms with Crippen LogP contribution >= 0.6 is 0 Å². The molecule has 0 unspecified atom stereocenters. The van der Waals surface area contributed by atoms with Gasteiger partial charge in [0.15, 0.2) is 0 Å². The Balaban J connectivity index is 1.58. The van der Waals surface area contributed by atoms with Gasteiger partial charge in [-0.1, -0.05) is 30.3 Å². The van der Waals surface area contributed by atoms with E-state index in [9.17, 15) is 9.59 Å². The van der Waals surface area contributed by atoms with Crippen molar-refractivity contribution in [3.8, 4) is 0 Å². The number of hydrogen-bond donors (Lipinski definition) is 0. The largest absolute Gasteiger partial charge is 0.338 e. The van der Waals surface area contributed by atoms with Gasteiger partial charge in [0, 0.05) is 37.8 Å². The number of pyridine rings is 1. The molecule has 0 N–H and O–H groups in total. The highest BCUT2D eigenvalue weighted by Gasteiger charge is 2.28. The molecule has 25 heavy (non-hydrogen) atoms. The zero-order valence-corrected chi connectivity index (χ0v) is 14.6. The smallest absolute Gasteiger partial charge is 0.255 e. The lowest BCUT2D eigenvalue weighted by molar-refractivity contribution is -0.124. The van der Waals surface area contributed by atoms with Crippen molar-refractivity contribution < 1.29 is 9.59 Å². The third kappa shape index (κ3) is 4.53. The minimum Gasteiger partial charge on any atom is -0.338 e. The summed E-state index contributed by atoms with van der Waals surface area (Å²) in [4.78, 5) is 31.2. The summed E-state index contributed by atoms with van der Waals surface area (Å²) >= 11 is 0. The Kier molecular flexibility index (Phi) is 5.59. The predicted molar refractivity (Wildman–Crippen MR) is 97.4 cm³/mol. The molecule has 2 heterocycles. The molecule has 2 aromatic rings. The number of carbonyl (C=O) groups is 2. The molecule has 4 heteroatoms. The van der Waals surface area contributed by atoms with Crippen molar-refractivity contribution in [2.45, 2.75) is 32.6 Å². The number of benzene rings is 1. The Morgan fingerprint density at radius 3 is 2.76 bits per heavy atom. The second-order valence-corrected chi connectivity index (χ2v) is 6.79. The molecule has 0 bridgehead atoms. The van der Waals surface area contributed by atoms with Crippen LogP contribution < -0.4 is 0 Å². The fourth-order valence-corrected chi connectivity index (χ4v) is 3.40. The average Bonchev–Trinajstić information content (AvgIpc) is 2.66. The minimum absolute atomic E-state index is 0.0169. The van der Waals surface area contributed by atoms with Crippen molar-refractivity contribution in [1.29, 1.82) is 0 Å². The van der Waals surface area contributed by atoms with Crippen molar-refractivity contribution >= 4 is 11.7 Å². The highest BCUT2D eigenvalue weighted by molar-refractivity contribution is 5.94. The Labute approximate surface area is 148 Å². The molecule has 1 atom stereocenters. The van der Waals surface area contributed by atoms with E-state index in [0.29, 0.717) is 18.5 Å². The van der Waals surface area contributed by atoms with Crippen LogP contribution in [0.25, 0.3) is 0 Å². The Morgan fingerprint density at radius 1 is 1.20 bits per heavy atom. The summed E-state index contributed by atoms with van der Waals surface area (Å²) in [5.74, 6) is 0.208. The Hall–Kier alpha value is -2.49. The van der Waals surface area contributed by atoms with Crippen LogP contribution in [0.1, 0.15) is 40.7 Å². The van der Waals surface area contributed by atoms with Gasteiger partial charge in [0.2, 0.25) is 0 Å². The van der Waals surface area contributed by atoms with Gasteiger partial charge in [-0.2, -0.15) is 0 Å². The predicted octanol–water partition coefficient (Wildman–Crippen LogP) is 3.44. The quantitative estimate of drug-likeness (QED) is 0.840. The van der Waals surface area contributed by atoms with Crippen LogP contribution in [-0.4, -0.2) is 34.7 Å². The number of amides is 1. The third-order valence-corrected chi connectivity index (χ3v) is 4.79. The fourth-order valence-electron chi connectivity index (χ4n) is 3.40. The number of ketones is 1. The summed E-state index contributed by atoms with van der Waals surface area (Å²) in [6.07, 6.45) is 6.42. The summed E-state index contributed by atoms with van der Waals surface area (Å²) in [7, 11) is 0. The monoisotopic (exact) mass is 336 g/mol. The van der Waals surface area contributed by atoms with Gasteiger partial charge in [-0.15, -0.1) is 0 Å². The number of carbonyl (C=O) groups excluding carboxylic acids is 2. The summed E-state index contributed by atoms with van der Waals surface area (Å²) < 4.78 is 0. The first-order valence-electron chi connectivity index (χ1n) is 8.91. The Morgan fingerprint density at radius 2 is 2.00 bits per heavy atom. The van der Waals surface area contributed by atoms with Crippen LogP contribution in [0.5, 0.6) is 0 Å². The van der Waals surface area contributed by atoms with Crippen LogP contribution in [0, 0.1) is 12.8 Å². The molecule has 1 amide bonds. The standard InChI is InChI=1S/C21H24N2O2/c1-16-12-19(14-22-13-16)21(25)23-11-5-8-18(15-23)20(24)10-9-17-6-3-2-4-7-17/h2-4,6-7,12-14,18H,5,8-11,15H2,1H3/t18-/m1/s1. The molecule has 0 aliphatic carbocycles. The highest BCUT2D eigenvalue weighted by atomic mass is 16.2. The lowest BCUT2D eigenvalue weighted by atomic mass is 9.90. The number of likely N-dealkylation sites (tertiary alicyclic amines) is 1. The number of aromatic nitrogens is 1. The van der Waals surface area contributed by atoms with E-state index in [4.69, 9.17) is 0 Å². The van der Waals surface area contributed by atoms with Gasteiger partial charge in [-0.25, -0.2) is 0 Å². The maximum atomic E-state index is 12.7. The van der Waals surface area contributed by atoms with Gasteiger partial charge in [0.1, 0.15) is 5.78 Å². The van der Waals surface area contributed by atoms with Crippen LogP contribution in [0.3, 0.4) is 0 Å². The van der Waals surface area contributed by atoms with Gasteiger partial charge in [-0.05, 0) is 43.4 Å². The first kappa shape index (κ1) is 17.3. The highest BCUT2D eigenvalue weighted by Crippen LogP contribution is 2.21. The van der Waals surface area contributed by atoms with E-state index in [0.717, 1.165) is 31.4 Å². The normalized spacial score (nSPS) is 17.3. The number of nitrogens with zero attached hydrogens (tertiary/aromatic N) is 2. The third-order valence-electron chi connectivity index (χ3n) is 4.79. The van der Waals surface area contributed by atoms with Crippen LogP contribution in [0.15, 0.2) is 48.8 Å². The summed E-state index contributed by atoms with van der Waals surface area (Å²) in [6, 6.07) is 11.9. The molecule has 3 rings (SSSR count). The summed E-state index contributed by atoms with van der Waals surface area (Å²) in [5.41, 5.74) is 2.76. The van der Waals surface area contributed by atoms with E-state index >= 15 is 0 Å². The maximum Gasteiger partial charge on any atom is 0.255 e. The Bertz CT molecular complexity index is 743. The van der Waals surface area contributed by atoms with Crippen LogP contribution in [-0.2, 0) is 11.2 Å². The van der Waals surface area contributed by atoms with Gasteiger partial charge in [0.05, 0.1) is 5.56 Å². The number of rotatable bonds is 5. The van der Waals surface area contributed by atoms with Crippen molar-refractivity contribution in [3.05, 3.63) is 65.5 Å². The zero-order valence-electron chi connectivity index (χ0n) is 14.6. The molecule has 1 saturated heterocycles. The SMILES string of the molecule is Cc1cncc(C(=O)N2CCC[C@@H](C(=O)CCc3ccccc3)C2)c1. The second-order valence-electron chi connectivity index (χ2n) is 6.79. The number of Topliss-reactive ketones (excluding diaryl/α,β-unsaturated/α-hetero) is 1. The molecule has 1 aromatic carbocycles. The number of piperidine rings is 1. The van der Waals surface area contributed by atoms with Crippen molar-refractivity contribution in [2.24, 2.45) is 5.92 Å². The molecular weight excluding hydrogens is 312 g/mol. The molecule has 130 valence electrons. The lowest BCUT2D eigenvalue weighted by Gasteiger charge is -2.32. The molecule has 1 aromatic heterocycles. The summed E-state index contributed by atoms with van der Waals surface area (Å²) in [6.45, 7) is 3.17. The maximum absolute atomic E-state index is 12.7. The minimum atomic E-state index is -0.0424. The fraction of sp³-hybridized carbons (Fsp3) is 0.381. The number of aryl methyl sites for hydroxylation is 2. The van der Waals surface area contributed by atoms with E-state index in [1.807, 2.05) is 36.1 Å². The lowest BCUT2D eigenvalue weighted by Crippen LogP contribution is -2.42. The molecule has 1 fully saturated rings. The zero-order chi connectivity index (χ0) is 17.6. The van der Waals surface area contributed by atoms with Gasteiger partial charge >= 0.3 is 0 Å². The second kappa shape index (κ2) is 8.06. The van der Waals surface area contributed by atoms with Crippen molar-refractivity contribution in [3.63, 3.8) is 0 Å². The summed E-state index contributed by atoms with van der Waals surface area (Å²) in [5, 5.41) is 0. The van der Waals surface area contributed by atoms with Crippen molar-refractivity contribution in [2.75, 3.05) is 13.1 Å². The van der Waals surface area contributed by atoms with E-state index < -0.39 is 0 Å². The van der Waals surface area contributed by atoms with Crippen LogP contribution in [0.4, 0.5) is 0 Å². The topological polar surface area (TPSA) is 50.3 Å². The number of hydrogen-bond acceptors (Lipinski definition) is 3. The van der Waals surface area contributed by atoms with E-state index in [2.05, 4.69) is 17.1 Å².